The third kappa shape index (κ3) is 3.20. The minimum absolute atomic E-state index is 0.136. The molecule has 0 radical (unpaired) electrons. The fourth-order valence-corrected chi connectivity index (χ4v) is 1.87. The third-order valence-corrected chi connectivity index (χ3v) is 3.17. The van der Waals surface area contributed by atoms with Crippen molar-refractivity contribution in [3.63, 3.8) is 0 Å². The molecule has 1 amide bonds. The minimum atomic E-state index is -0.136. The topological polar surface area (TPSA) is 29.5 Å². The van der Waals surface area contributed by atoms with Gasteiger partial charge in [0.2, 0.25) is 5.91 Å². The van der Waals surface area contributed by atoms with Gasteiger partial charge in [-0.15, -0.1) is 0 Å². The van der Waals surface area contributed by atoms with Crippen molar-refractivity contribution in [2.24, 2.45) is 5.92 Å². The number of amides is 1. The molecule has 1 rings (SSSR count). The number of carbonyl (C=O) groups excluding carboxylic acids is 1. The lowest BCUT2D eigenvalue weighted by molar-refractivity contribution is -0.147. The summed E-state index contributed by atoms with van der Waals surface area (Å²) in [6, 6.07) is 0. The number of nitrogens with zero attached hydrogens (tertiary/aromatic N) is 1. The van der Waals surface area contributed by atoms with Crippen LogP contribution in [0.2, 0.25) is 0 Å². The van der Waals surface area contributed by atoms with Gasteiger partial charge in [-0.3, -0.25) is 4.79 Å². The monoisotopic (exact) mass is 213 g/mol. The van der Waals surface area contributed by atoms with Crippen LogP contribution < -0.4 is 0 Å². The van der Waals surface area contributed by atoms with E-state index in [2.05, 4.69) is 27.7 Å². The van der Waals surface area contributed by atoms with E-state index >= 15 is 0 Å². The Bertz CT molecular complexity index is 226. The van der Waals surface area contributed by atoms with Crippen LogP contribution in [-0.2, 0) is 9.53 Å². The molecule has 1 atom stereocenters. The maximum absolute atomic E-state index is 12.1. The third-order valence-electron chi connectivity index (χ3n) is 3.17. The van der Waals surface area contributed by atoms with Gasteiger partial charge in [0.05, 0.1) is 18.8 Å². The van der Waals surface area contributed by atoms with Crippen molar-refractivity contribution in [3.8, 4) is 0 Å². The van der Waals surface area contributed by atoms with Gasteiger partial charge in [-0.05, 0) is 19.8 Å². The summed E-state index contributed by atoms with van der Waals surface area (Å²) in [7, 11) is 0. The van der Waals surface area contributed by atoms with Gasteiger partial charge < -0.3 is 9.64 Å². The van der Waals surface area contributed by atoms with E-state index in [1.165, 1.54) is 0 Å². The van der Waals surface area contributed by atoms with Crippen LogP contribution in [0.15, 0.2) is 0 Å². The summed E-state index contributed by atoms with van der Waals surface area (Å²) < 4.78 is 5.40. The highest BCUT2D eigenvalue weighted by atomic mass is 16.5. The van der Waals surface area contributed by atoms with Crippen molar-refractivity contribution in [1.82, 2.24) is 4.90 Å². The molecule has 0 aromatic heterocycles. The second-order valence-electron chi connectivity index (χ2n) is 5.13. The van der Waals surface area contributed by atoms with Crippen molar-refractivity contribution >= 4 is 5.91 Å². The van der Waals surface area contributed by atoms with Crippen LogP contribution in [0, 0.1) is 5.92 Å². The molecule has 15 heavy (non-hydrogen) atoms. The first-order valence-corrected chi connectivity index (χ1v) is 5.85. The fraction of sp³-hybridized carbons (Fsp3) is 0.917. The molecule has 3 nitrogen and oxygen atoms in total. The van der Waals surface area contributed by atoms with Crippen LogP contribution in [-0.4, -0.2) is 36.1 Å². The van der Waals surface area contributed by atoms with E-state index in [0.29, 0.717) is 25.6 Å². The number of morpholine rings is 1. The minimum Gasteiger partial charge on any atom is -0.377 e. The Morgan fingerprint density at radius 1 is 1.53 bits per heavy atom. The summed E-state index contributed by atoms with van der Waals surface area (Å²) >= 11 is 0. The van der Waals surface area contributed by atoms with E-state index in [1.807, 2.05) is 4.90 Å². The Labute approximate surface area is 92.8 Å². The Morgan fingerprint density at radius 3 is 2.73 bits per heavy atom. The first-order valence-electron chi connectivity index (χ1n) is 5.85. The van der Waals surface area contributed by atoms with Crippen molar-refractivity contribution in [2.45, 2.75) is 46.1 Å². The molecule has 0 aromatic rings. The second-order valence-corrected chi connectivity index (χ2v) is 5.13. The molecule has 0 saturated carbocycles. The Balaban J connectivity index is 2.57. The zero-order chi connectivity index (χ0) is 11.5. The average Bonchev–Trinajstić information content (AvgIpc) is 2.16. The largest absolute Gasteiger partial charge is 0.377 e. The molecule has 1 aliphatic heterocycles. The summed E-state index contributed by atoms with van der Waals surface area (Å²) in [5, 5.41) is 0. The molecule has 1 aliphatic rings. The molecular weight excluding hydrogens is 190 g/mol. The lowest BCUT2D eigenvalue weighted by Crippen LogP contribution is -2.55. The number of rotatable bonds is 3. The van der Waals surface area contributed by atoms with Gasteiger partial charge in [-0.25, -0.2) is 0 Å². The summed E-state index contributed by atoms with van der Waals surface area (Å²) in [5.74, 6) is 0.758. The highest BCUT2D eigenvalue weighted by molar-refractivity contribution is 5.77. The van der Waals surface area contributed by atoms with Crippen molar-refractivity contribution in [1.29, 1.82) is 0 Å². The van der Waals surface area contributed by atoms with Crippen LogP contribution in [0.5, 0.6) is 0 Å². The van der Waals surface area contributed by atoms with E-state index in [0.717, 1.165) is 13.0 Å². The Kier molecular flexibility index (Phi) is 4.14. The van der Waals surface area contributed by atoms with E-state index in [4.69, 9.17) is 4.74 Å². The smallest absolute Gasteiger partial charge is 0.223 e. The van der Waals surface area contributed by atoms with E-state index in [1.54, 1.807) is 0 Å². The summed E-state index contributed by atoms with van der Waals surface area (Å²) in [6.07, 6.45) is 1.73. The maximum atomic E-state index is 12.1. The van der Waals surface area contributed by atoms with Crippen LogP contribution in [0.4, 0.5) is 0 Å². The molecule has 3 heteroatoms. The van der Waals surface area contributed by atoms with E-state index < -0.39 is 0 Å². The maximum Gasteiger partial charge on any atom is 0.223 e. The van der Waals surface area contributed by atoms with Gasteiger partial charge in [-0.2, -0.15) is 0 Å². The van der Waals surface area contributed by atoms with Crippen molar-refractivity contribution < 1.29 is 9.53 Å². The number of ether oxygens (including phenoxy) is 1. The quantitative estimate of drug-likeness (QED) is 0.718. The first kappa shape index (κ1) is 12.5. The molecule has 1 heterocycles. The first-order chi connectivity index (χ1) is 6.97. The molecule has 0 spiro atoms. The molecule has 0 bridgehead atoms. The normalized spacial score (nSPS) is 22.5. The van der Waals surface area contributed by atoms with Gasteiger partial charge in [0.15, 0.2) is 0 Å². The Morgan fingerprint density at radius 2 is 2.20 bits per heavy atom. The van der Waals surface area contributed by atoms with E-state index in [-0.39, 0.29) is 11.4 Å². The molecule has 0 aliphatic carbocycles. The summed E-state index contributed by atoms with van der Waals surface area (Å²) in [6.45, 7) is 10.5. The van der Waals surface area contributed by atoms with Gasteiger partial charge in [-0.1, -0.05) is 20.3 Å². The van der Waals surface area contributed by atoms with Crippen LogP contribution >= 0.6 is 0 Å². The van der Waals surface area contributed by atoms with Crippen LogP contribution in [0.1, 0.15) is 40.5 Å². The van der Waals surface area contributed by atoms with E-state index in [9.17, 15) is 4.79 Å². The Hall–Kier alpha value is -0.570. The SMILES string of the molecule is CCC(C)CC(=O)N1CCOCC1(C)C. The summed E-state index contributed by atoms with van der Waals surface area (Å²) in [5.41, 5.74) is -0.136. The van der Waals surface area contributed by atoms with Gasteiger partial charge in [0, 0.05) is 13.0 Å². The zero-order valence-corrected chi connectivity index (χ0v) is 10.4. The zero-order valence-electron chi connectivity index (χ0n) is 10.4. The van der Waals surface area contributed by atoms with Crippen LogP contribution in [0.3, 0.4) is 0 Å². The number of hydrogen-bond donors (Lipinski definition) is 0. The summed E-state index contributed by atoms with van der Waals surface area (Å²) in [4.78, 5) is 14.0. The molecule has 1 fully saturated rings. The van der Waals surface area contributed by atoms with Crippen LogP contribution in [0.25, 0.3) is 0 Å². The molecule has 0 N–H and O–H groups in total. The lowest BCUT2D eigenvalue weighted by Gasteiger charge is -2.42. The predicted octanol–water partition coefficient (Wildman–Crippen LogP) is 2.06. The van der Waals surface area contributed by atoms with Crippen molar-refractivity contribution in [2.75, 3.05) is 19.8 Å². The predicted molar refractivity (Wildman–Crippen MR) is 60.7 cm³/mol. The highest BCUT2D eigenvalue weighted by Gasteiger charge is 2.33. The average molecular weight is 213 g/mol. The highest BCUT2D eigenvalue weighted by Crippen LogP contribution is 2.21. The molecule has 1 saturated heterocycles. The number of carbonyl (C=O) groups is 1. The number of hydrogen-bond acceptors (Lipinski definition) is 2. The van der Waals surface area contributed by atoms with Gasteiger partial charge in [0.1, 0.15) is 0 Å². The molecule has 1 unspecified atom stereocenters. The van der Waals surface area contributed by atoms with Crippen molar-refractivity contribution in [3.05, 3.63) is 0 Å². The standard InChI is InChI=1S/C12H23NO2/c1-5-10(2)8-11(14)13-6-7-15-9-12(13,3)4/h10H,5-9H2,1-4H3. The van der Waals surface area contributed by atoms with Gasteiger partial charge in [0.25, 0.3) is 0 Å². The molecular formula is C12H23NO2. The lowest BCUT2D eigenvalue weighted by atomic mass is 9.98. The molecule has 88 valence electrons. The fourth-order valence-electron chi connectivity index (χ4n) is 1.87. The van der Waals surface area contributed by atoms with Gasteiger partial charge >= 0.3 is 0 Å². The molecule has 0 aromatic carbocycles. The second kappa shape index (κ2) is 4.97.